The van der Waals surface area contributed by atoms with Gasteiger partial charge in [-0.15, -0.1) is 11.3 Å². The largest absolute Gasteiger partial charge is 0.489 e. The second kappa shape index (κ2) is 20.9. The van der Waals surface area contributed by atoms with Crippen molar-refractivity contribution in [3.8, 4) is 11.6 Å². The van der Waals surface area contributed by atoms with Crippen molar-refractivity contribution < 1.29 is 42.7 Å². The molecule has 5 aromatic rings. The lowest BCUT2D eigenvalue weighted by Crippen LogP contribution is -2.61. The van der Waals surface area contributed by atoms with Crippen LogP contribution in [0.5, 0.6) is 11.6 Å². The van der Waals surface area contributed by atoms with Crippen molar-refractivity contribution in [2.24, 2.45) is 5.92 Å². The Morgan fingerprint density at radius 1 is 0.985 bits per heavy atom. The van der Waals surface area contributed by atoms with Gasteiger partial charge in [-0.25, -0.2) is 4.39 Å². The Labute approximate surface area is 398 Å². The number of piperazine rings is 1. The van der Waals surface area contributed by atoms with Crippen molar-refractivity contribution in [1.29, 1.82) is 0 Å². The number of nitrogens with zero attached hydrogens (tertiary/aromatic N) is 7. The average Bonchev–Trinajstić information content (AvgIpc) is 4.17. The van der Waals surface area contributed by atoms with E-state index in [1.54, 1.807) is 69.0 Å². The fourth-order valence-corrected chi connectivity index (χ4v) is 11.2. The quantitative estimate of drug-likeness (QED) is 0.130. The zero-order valence-corrected chi connectivity index (χ0v) is 39.8. The van der Waals surface area contributed by atoms with Crippen molar-refractivity contribution in [3.63, 3.8) is 0 Å². The maximum atomic E-state index is 14.6. The third kappa shape index (κ3) is 10.5. The summed E-state index contributed by atoms with van der Waals surface area (Å²) < 4.78 is 35.4. The Hall–Kier alpha value is -5.63. The van der Waals surface area contributed by atoms with Gasteiger partial charge in [0.2, 0.25) is 17.7 Å². The smallest absolute Gasteiger partial charge is 0.270 e. The predicted octanol–water partition coefficient (Wildman–Crippen LogP) is 4.81. The van der Waals surface area contributed by atoms with Gasteiger partial charge in [0.15, 0.2) is 5.76 Å². The van der Waals surface area contributed by atoms with Gasteiger partial charge in [0, 0.05) is 68.5 Å². The predicted molar refractivity (Wildman–Crippen MR) is 253 cm³/mol. The van der Waals surface area contributed by atoms with Gasteiger partial charge in [-0.2, -0.15) is 0 Å². The fraction of sp³-hybridized carbons (Fsp3) is 0.551. The molecule has 1 aliphatic carbocycles. The number of hydrogen-bond acceptors (Lipinski definition) is 13. The van der Waals surface area contributed by atoms with Crippen LogP contribution in [0.4, 0.5) is 4.39 Å². The highest BCUT2D eigenvalue weighted by Crippen LogP contribution is 2.33. The zero-order chi connectivity index (χ0) is 47.5. The summed E-state index contributed by atoms with van der Waals surface area (Å²) in [6.45, 7) is 6.52. The topological polar surface area (TPSA) is 188 Å². The standard InChI is InChI=1S/C49H62FN9O8S/c1-30-25-56(49(64)45(32-7-5-4-6-8-32)53-47(62)31(2)51-3)18-19-57(30)48(63)41-22-33-21-34(50)9-10-40(33)59(41)28-44(61)58-26-36(60)23-35(58)29-65-43-24-38(67-54-43)27-55-16-12-37(13-17-55)66-42-11-15-52-39-14-20-68-46(39)42/h9-11,14-15,20-22,24,30-32,35-37,45,51,60H,4-8,12-13,16-19,23,25-29H2,1-3H3,(H,53,62)/t30-,31-,35?,36-,45-/m0/s1. The van der Waals surface area contributed by atoms with Gasteiger partial charge in [-0.1, -0.05) is 19.3 Å². The highest BCUT2D eigenvalue weighted by Gasteiger charge is 2.40. The summed E-state index contributed by atoms with van der Waals surface area (Å²) in [6.07, 6.45) is 7.97. The number of hydrogen-bond donors (Lipinski definition) is 3. The number of carbonyl (C=O) groups is 4. The van der Waals surface area contributed by atoms with E-state index in [1.165, 1.54) is 12.1 Å². The van der Waals surface area contributed by atoms with E-state index >= 15 is 0 Å². The highest BCUT2D eigenvalue weighted by atomic mass is 32.1. The van der Waals surface area contributed by atoms with Gasteiger partial charge in [-0.3, -0.25) is 29.1 Å². The fourth-order valence-electron chi connectivity index (χ4n) is 10.4. The first kappa shape index (κ1) is 47.4. The minimum Gasteiger partial charge on any atom is -0.489 e. The number of carbonyl (C=O) groups excluding carboxylic acids is 4. The summed E-state index contributed by atoms with van der Waals surface area (Å²) in [7, 11) is 1.71. The first-order valence-corrected chi connectivity index (χ1v) is 24.9. The number of rotatable bonds is 15. The van der Waals surface area contributed by atoms with E-state index in [0.29, 0.717) is 23.2 Å². The van der Waals surface area contributed by atoms with Crippen LogP contribution < -0.4 is 20.1 Å². The number of aliphatic hydroxyl groups is 1. The number of nitrogens with one attached hydrogen (secondary N) is 2. The van der Waals surface area contributed by atoms with Crippen molar-refractivity contribution in [1.82, 2.24) is 44.9 Å². The second-order valence-corrected chi connectivity index (χ2v) is 19.8. The molecule has 0 bridgehead atoms. The molecule has 0 spiro atoms. The summed E-state index contributed by atoms with van der Waals surface area (Å²) in [5.74, 6) is 0.312. The summed E-state index contributed by atoms with van der Waals surface area (Å²) in [4.78, 5) is 67.7. The number of piperidine rings is 1. The molecule has 17 nitrogen and oxygen atoms in total. The molecule has 9 rings (SSSR count). The number of likely N-dealkylation sites (N-methyl/N-ethyl adjacent to an activating group) is 1. The van der Waals surface area contributed by atoms with E-state index in [4.69, 9.17) is 14.0 Å². The average molecular weight is 956 g/mol. The minimum absolute atomic E-state index is 0.0360. The maximum Gasteiger partial charge on any atom is 0.270 e. The van der Waals surface area contributed by atoms with Crippen LogP contribution in [0.25, 0.3) is 21.1 Å². The van der Waals surface area contributed by atoms with Crippen LogP contribution in [0.1, 0.15) is 81.5 Å². The summed E-state index contributed by atoms with van der Waals surface area (Å²) >= 11 is 1.63. The lowest BCUT2D eigenvalue weighted by molar-refractivity contribution is -0.140. The molecule has 4 aliphatic rings. The molecule has 1 unspecified atom stereocenters. The van der Waals surface area contributed by atoms with Crippen molar-refractivity contribution in [3.05, 3.63) is 71.3 Å². The summed E-state index contributed by atoms with van der Waals surface area (Å²) in [5, 5.41) is 23.4. The molecular formula is C49H62FN9O8S. The molecule has 4 aromatic heterocycles. The van der Waals surface area contributed by atoms with Crippen LogP contribution in [-0.2, 0) is 27.5 Å². The molecule has 4 fully saturated rings. The van der Waals surface area contributed by atoms with E-state index < -0.39 is 36.1 Å². The van der Waals surface area contributed by atoms with Gasteiger partial charge in [0.05, 0.1) is 34.9 Å². The molecule has 5 atom stereocenters. The highest BCUT2D eigenvalue weighted by molar-refractivity contribution is 7.17. The maximum absolute atomic E-state index is 14.6. The van der Waals surface area contributed by atoms with Crippen LogP contribution in [0.15, 0.2) is 58.6 Å². The zero-order valence-electron chi connectivity index (χ0n) is 39.0. The van der Waals surface area contributed by atoms with Crippen molar-refractivity contribution in [2.75, 3.05) is 52.9 Å². The number of halogens is 1. The molecule has 3 aliphatic heterocycles. The third-order valence-electron chi connectivity index (χ3n) is 14.3. The van der Waals surface area contributed by atoms with Crippen LogP contribution in [0.3, 0.4) is 0 Å². The number of likely N-dealkylation sites (tertiary alicyclic amines) is 2. The van der Waals surface area contributed by atoms with Gasteiger partial charge in [0.25, 0.3) is 11.8 Å². The number of fused-ring (bicyclic) bond motifs is 2. The van der Waals surface area contributed by atoms with Gasteiger partial charge >= 0.3 is 0 Å². The van der Waals surface area contributed by atoms with E-state index in [-0.39, 0.29) is 93.0 Å². The van der Waals surface area contributed by atoms with E-state index in [1.807, 2.05) is 24.4 Å². The Balaban J connectivity index is 0.815. The molecule has 1 aromatic carbocycles. The lowest BCUT2D eigenvalue weighted by atomic mass is 9.83. The summed E-state index contributed by atoms with van der Waals surface area (Å²) in [6, 6.07) is 9.50. The first-order valence-electron chi connectivity index (χ1n) is 24.1. The number of ether oxygens (including phenoxy) is 2. The van der Waals surface area contributed by atoms with Gasteiger partial charge < -0.3 is 49.0 Å². The molecule has 68 heavy (non-hydrogen) atoms. The van der Waals surface area contributed by atoms with E-state index in [9.17, 15) is 28.7 Å². The molecule has 0 radical (unpaired) electrons. The van der Waals surface area contributed by atoms with Crippen LogP contribution in [0, 0.1) is 11.7 Å². The van der Waals surface area contributed by atoms with Crippen LogP contribution in [0.2, 0.25) is 0 Å². The minimum atomic E-state index is -0.781. The van der Waals surface area contributed by atoms with Crippen LogP contribution in [-0.4, -0.2) is 152 Å². The first-order chi connectivity index (χ1) is 32.9. The molecule has 7 heterocycles. The van der Waals surface area contributed by atoms with Crippen molar-refractivity contribution >= 4 is 56.1 Å². The molecule has 19 heteroatoms. The molecule has 364 valence electrons. The van der Waals surface area contributed by atoms with E-state index in [2.05, 4.69) is 25.7 Å². The number of benzene rings is 1. The molecule has 4 amide bonds. The number of β-amino-alcohol motifs (C(OH)–C–C–N with tert-alkyl or cyclic N) is 1. The summed E-state index contributed by atoms with van der Waals surface area (Å²) in [5.41, 5.74) is 1.67. The van der Waals surface area contributed by atoms with Crippen LogP contribution >= 0.6 is 11.3 Å². The van der Waals surface area contributed by atoms with Crippen molar-refractivity contribution in [2.45, 2.75) is 115 Å². The second-order valence-electron chi connectivity index (χ2n) is 18.9. The molecular weight excluding hydrogens is 894 g/mol. The molecule has 1 saturated carbocycles. The number of aliphatic hydroxyl groups excluding tert-OH is 1. The Morgan fingerprint density at radius 3 is 2.57 bits per heavy atom. The third-order valence-corrected chi connectivity index (χ3v) is 15.2. The Morgan fingerprint density at radius 2 is 1.79 bits per heavy atom. The molecule has 3 saturated heterocycles. The number of thiophene rings is 1. The van der Waals surface area contributed by atoms with E-state index in [0.717, 1.165) is 74.0 Å². The number of amides is 4. The number of pyridine rings is 1. The number of aromatic nitrogens is 3. The molecule has 3 N–H and O–H groups in total. The Bertz CT molecular complexity index is 2590. The van der Waals surface area contributed by atoms with Gasteiger partial charge in [0.1, 0.15) is 42.6 Å². The monoisotopic (exact) mass is 955 g/mol. The normalized spacial score (nSPS) is 21.9. The van der Waals surface area contributed by atoms with Gasteiger partial charge in [-0.05, 0) is 106 Å². The Kier molecular flexibility index (Phi) is 14.6. The lowest BCUT2D eigenvalue weighted by Gasteiger charge is -2.42. The SMILES string of the molecule is CN[C@@H](C)C(=O)N[C@H](C(=O)N1CCN(C(=O)c2cc3cc(F)ccc3n2CC(=O)N2C[C@@H](O)CC2COc2cc(CN3CCC(Oc4ccnc5ccsc45)CC3)on2)[C@@H](C)C1)C1CCCCC1.